The van der Waals surface area contributed by atoms with E-state index in [-0.39, 0.29) is 5.92 Å². The maximum atomic E-state index is 10.9. The van der Waals surface area contributed by atoms with E-state index >= 15 is 0 Å². The highest BCUT2D eigenvalue weighted by atomic mass is 16.4. The fraction of sp³-hybridized carbons (Fsp3) is 0.933. The maximum absolute atomic E-state index is 10.9. The van der Waals surface area contributed by atoms with Gasteiger partial charge in [0.15, 0.2) is 0 Å². The van der Waals surface area contributed by atoms with Gasteiger partial charge in [0.1, 0.15) is 0 Å². The van der Waals surface area contributed by atoms with Crippen LogP contribution in [0.4, 0.5) is 0 Å². The van der Waals surface area contributed by atoms with E-state index in [1.807, 2.05) is 0 Å². The zero-order valence-electron chi connectivity index (χ0n) is 12.4. The van der Waals surface area contributed by atoms with E-state index in [4.69, 9.17) is 5.11 Å². The van der Waals surface area contributed by atoms with Crippen molar-refractivity contribution in [1.82, 2.24) is 4.90 Å². The topological polar surface area (TPSA) is 40.5 Å². The summed E-state index contributed by atoms with van der Waals surface area (Å²) in [5.41, 5.74) is 0.398. The Labute approximate surface area is 112 Å². The van der Waals surface area contributed by atoms with E-state index in [2.05, 4.69) is 32.7 Å². The molecule has 106 valence electrons. The number of aliphatic carboxylic acids is 1. The van der Waals surface area contributed by atoms with Crippen molar-refractivity contribution in [1.29, 1.82) is 0 Å². The van der Waals surface area contributed by atoms with Crippen LogP contribution in [0.3, 0.4) is 0 Å². The molecule has 0 aromatic heterocycles. The first-order valence-electron chi connectivity index (χ1n) is 7.19. The summed E-state index contributed by atoms with van der Waals surface area (Å²) in [6, 6.07) is 0. The van der Waals surface area contributed by atoms with Crippen LogP contribution in [0.25, 0.3) is 0 Å². The van der Waals surface area contributed by atoms with Crippen molar-refractivity contribution < 1.29 is 9.90 Å². The van der Waals surface area contributed by atoms with Crippen LogP contribution in [-0.2, 0) is 4.79 Å². The van der Waals surface area contributed by atoms with Crippen molar-refractivity contribution in [2.24, 2.45) is 17.3 Å². The first kappa shape index (κ1) is 15.5. The minimum Gasteiger partial charge on any atom is -0.481 e. The van der Waals surface area contributed by atoms with Crippen LogP contribution in [0.2, 0.25) is 0 Å². The van der Waals surface area contributed by atoms with E-state index in [9.17, 15) is 4.79 Å². The molecule has 18 heavy (non-hydrogen) atoms. The number of carbonyl (C=O) groups is 1. The van der Waals surface area contributed by atoms with Crippen molar-refractivity contribution in [3.05, 3.63) is 0 Å². The summed E-state index contributed by atoms with van der Waals surface area (Å²) in [5.74, 6) is 0.0150. The molecule has 0 unspecified atom stereocenters. The van der Waals surface area contributed by atoms with Gasteiger partial charge >= 0.3 is 5.97 Å². The number of nitrogens with zero attached hydrogens (tertiary/aromatic N) is 1. The molecule has 3 heteroatoms. The number of hydrogen-bond donors (Lipinski definition) is 1. The molecule has 0 aromatic rings. The summed E-state index contributed by atoms with van der Waals surface area (Å²) >= 11 is 0. The molecule has 0 radical (unpaired) electrons. The van der Waals surface area contributed by atoms with Crippen molar-refractivity contribution in [2.45, 2.75) is 52.9 Å². The molecule has 0 spiro atoms. The highest BCUT2D eigenvalue weighted by Gasteiger charge is 2.26. The molecule has 1 N–H and O–H groups in total. The highest BCUT2D eigenvalue weighted by molar-refractivity contribution is 5.69. The Balaban J connectivity index is 2.22. The van der Waals surface area contributed by atoms with Crippen LogP contribution >= 0.6 is 0 Å². The van der Waals surface area contributed by atoms with Crippen LogP contribution < -0.4 is 0 Å². The van der Waals surface area contributed by atoms with Gasteiger partial charge < -0.3 is 10.0 Å². The highest BCUT2D eigenvalue weighted by Crippen LogP contribution is 2.29. The maximum Gasteiger partial charge on any atom is 0.306 e. The van der Waals surface area contributed by atoms with Crippen molar-refractivity contribution >= 4 is 5.97 Å². The van der Waals surface area contributed by atoms with E-state index in [0.29, 0.717) is 11.3 Å². The normalized spacial score (nSPS) is 25.4. The largest absolute Gasteiger partial charge is 0.481 e. The summed E-state index contributed by atoms with van der Waals surface area (Å²) in [6.07, 6.45) is 5.11. The Bertz CT molecular complexity index is 262. The Morgan fingerprint density at radius 3 is 2.22 bits per heavy atom. The summed E-state index contributed by atoms with van der Waals surface area (Å²) in [7, 11) is 2.19. The Hall–Kier alpha value is -0.570. The van der Waals surface area contributed by atoms with Crippen LogP contribution in [0, 0.1) is 17.3 Å². The predicted molar refractivity (Wildman–Crippen MR) is 74.7 cm³/mol. The SMILES string of the molecule is CN(CCC(C)(C)C)CC1CCC(C(=O)O)CC1. The predicted octanol–water partition coefficient (Wildman–Crippen LogP) is 3.25. The molecule has 0 atom stereocenters. The van der Waals surface area contributed by atoms with Gasteiger partial charge in [-0.05, 0) is 57.0 Å². The quantitative estimate of drug-likeness (QED) is 0.820. The van der Waals surface area contributed by atoms with Gasteiger partial charge in [-0.2, -0.15) is 0 Å². The summed E-state index contributed by atoms with van der Waals surface area (Å²) in [6.45, 7) is 9.10. The zero-order chi connectivity index (χ0) is 13.8. The van der Waals surface area contributed by atoms with Crippen LogP contribution in [-0.4, -0.2) is 36.1 Å². The minimum atomic E-state index is -0.602. The Morgan fingerprint density at radius 1 is 1.22 bits per heavy atom. The number of carboxylic acid groups (broad SMARTS) is 1. The van der Waals surface area contributed by atoms with Crippen molar-refractivity contribution in [3.63, 3.8) is 0 Å². The van der Waals surface area contributed by atoms with Gasteiger partial charge in [0.25, 0.3) is 0 Å². The van der Waals surface area contributed by atoms with Crippen LogP contribution in [0.5, 0.6) is 0 Å². The van der Waals surface area contributed by atoms with Gasteiger partial charge in [-0.1, -0.05) is 20.8 Å². The van der Waals surface area contributed by atoms with E-state index in [1.54, 1.807) is 0 Å². The van der Waals surface area contributed by atoms with E-state index in [1.165, 1.54) is 6.42 Å². The molecular formula is C15H29NO2. The molecule has 0 amide bonds. The second-order valence-corrected chi connectivity index (χ2v) is 7.13. The summed E-state index contributed by atoms with van der Waals surface area (Å²) in [5, 5.41) is 8.97. The number of hydrogen-bond acceptors (Lipinski definition) is 2. The number of rotatable bonds is 5. The minimum absolute atomic E-state index is 0.0823. The molecule has 1 fully saturated rings. The van der Waals surface area contributed by atoms with Gasteiger partial charge in [0.05, 0.1) is 5.92 Å². The smallest absolute Gasteiger partial charge is 0.306 e. The average molecular weight is 255 g/mol. The first-order chi connectivity index (χ1) is 8.28. The molecule has 1 aliphatic rings. The summed E-state index contributed by atoms with van der Waals surface area (Å²) < 4.78 is 0. The zero-order valence-corrected chi connectivity index (χ0v) is 12.4. The fourth-order valence-corrected chi connectivity index (χ4v) is 2.65. The van der Waals surface area contributed by atoms with Crippen LogP contribution in [0.15, 0.2) is 0 Å². The second kappa shape index (κ2) is 6.55. The lowest BCUT2D eigenvalue weighted by Crippen LogP contribution is -2.32. The molecule has 0 heterocycles. The van der Waals surface area contributed by atoms with Crippen molar-refractivity contribution in [3.8, 4) is 0 Å². The van der Waals surface area contributed by atoms with E-state index in [0.717, 1.165) is 38.8 Å². The molecule has 1 saturated carbocycles. The molecule has 0 saturated heterocycles. The molecular weight excluding hydrogens is 226 g/mol. The van der Waals surface area contributed by atoms with Gasteiger partial charge in [-0.25, -0.2) is 0 Å². The van der Waals surface area contributed by atoms with Gasteiger partial charge in [0.2, 0.25) is 0 Å². The molecule has 1 aliphatic carbocycles. The third kappa shape index (κ3) is 5.85. The first-order valence-corrected chi connectivity index (χ1v) is 7.19. The van der Waals surface area contributed by atoms with Gasteiger partial charge in [-0.3, -0.25) is 4.79 Å². The molecule has 0 aromatic carbocycles. The molecule has 1 rings (SSSR count). The lowest BCUT2D eigenvalue weighted by molar-refractivity contribution is -0.143. The standard InChI is InChI=1S/C15H29NO2/c1-15(2,3)9-10-16(4)11-12-5-7-13(8-6-12)14(17)18/h12-13H,5-11H2,1-4H3,(H,17,18). The third-order valence-electron chi connectivity index (χ3n) is 4.01. The molecule has 3 nitrogen and oxygen atoms in total. The van der Waals surface area contributed by atoms with Gasteiger partial charge in [-0.15, -0.1) is 0 Å². The Morgan fingerprint density at radius 2 is 1.78 bits per heavy atom. The molecule has 0 aliphatic heterocycles. The molecule has 0 bridgehead atoms. The third-order valence-corrected chi connectivity index (χ3v) is 4.01. The second-order valence-electron chi connectivity index (χ2n) is 7.13. The summed E-state index contributed by atoms with van der Waals surface area (Å²) in [4.78, 5) is 13.3. The lowest BCUT2D eigenvalue weighted by atomic mass is 9.82. The van der Waals surface area contributed by atoms with E-state index < -0.39 is 5.97 Å². The number of carboxylic acids is 1. The van der Waals surface area contributed by atoms with Crippen molar-refractivity contribution in [2.75, 3.05) is 20.1 Å². The Kier molecular flexibility index (Phi) is 5.64. The van der Waals surface area contributed by atoms with Gasteiger partial charge in [0, 0.05) is 6.54 Å². The average Bonchev–Trinajstić information content (AvgIpc) is 2.26. The lowest BCUT2D eigenvalue weighted by Gasteiger charge is -2.31. The van der Waals surface area contributed by atoms with Crippen LogP contribution in [0.1, 0.15) is 52.9 Å². The monoisotopic (exact) mass is 255 g/mol. The fourth-order valence-electron chi connectivity index (χ4n) is 2.65.